The van der Waals surface area contributed by atoms with Crippen LogP contribution in [0, 0.1) is 6.92 Å². The Morgan fingerprint density at radius 2 is 2.00 bits per heavy atom. The molecule has 0 saturated heterocycles. The average Bonchev–Trinajstić information content (AvgIpc) is 2.24. The van der Waals surface area contributed by atoms with Gasteiger partial charge in [0.05, 0.1) is 11.3 Å². The first-order valence-electron chi connectivity index (χ1n) is 5.43. The van der Waals surface area contributed by atoms with E-state index in [1.165, 1.54) is 12.3 Å². The van der Waals surface area contributed by atoms with Crippen LogP contribution in [0.2, 0.25) is 0 Å². The summed E-state index contributed by atoms with van der Waals surface area (Å²) >= 11 is 0. The number of hydrogen-bond acceptors (Lipinski definition) is 4. The largest absolute Gasteiger partial charge is 0.478 e. The monoisotopic (exact) mass is 271 g/mol. The SMILES string of the molecule is Cc1cc(N(C)CCS(C)(=O)=O)ccc1C(=O)O. The normalized spacial score (nSPS) is 11.3. The van der Waals surface area contributed by atoms with Crippen molar-refractivity contribution in [3.8, 4) is 0 Å². The summed E-state index contributed by atoms with van der Waals surface area (Å²) in [5, 5.41) is 8.91. The Morgan fingerprint density at radius 3 is 2.44 bits per heavy atom. The van der Waals surface area contributed by atoms with Gasteiger partial charge in [-0.25, -0.2) is 13.2 Å². The van der Waals surface area contributed by atoms with E-state index in [9.17, 15) is 13.2 Å². The van der Waals surface area contributed by atoms with Crippen molar-refractivity contribution in [2.24, 2.45) is 0 Å². The molecule has 18 heavy (non-hydrogen) atoms. The van der Waals surface area contributed by atoms with Crippen LogP contribution in [0.4, 0.5) is 5.69 Å². The van der Waals surface area contributed by atoms with Crippen LogP contribution in [-0.2, 0) is 9.84 Å². The van der Waals surface area contributed by atoms with Gasteiger partial charge in [-0.3, -0.25) is 0 Å². The highest BCUT2D eigenvalue weighted by Crippen LogP contribution is 2.18. The van der Waals surface area contributed by atoms with E-state index in [0.29, 0.717) is 12.1 Å². The van der Waals surface area contributed by atoms with Gasteiger partial charge in [0.1, 0.15) is 9.84 Å². The Balaban J connectivity index is 2.85. The Labute approximate surface area is 107 Å². The standard InChI is InChI=1S/C12H17NO4S/c1-9-8-10(4-5-11(9)12(14)15)13(2)6-7-18(3,16)17/h4-5,8H,6-7H2,1-3H3,(H,14,15). The highest BCUT2D eigenvalue weighted by Gasteiger charge is 2.10. The van der Waals surface area contributed by atoms with Gasteiger partial charge in [0.2, 0.25) is 0 Å². The van der Waals surface area contributed by atoms with E-state index in [2.05, 4.69) is 0 Å². The third-order valence-electron chi connectivity index (χ3n) is 2.68. The van der Waals surface area contributed by atoms with Gasteiger partial charge < -0.3 is 10.0 Å². The van der Waals surface area contributed by atoms with Crippen molar-refractivity contribution in [3.05, 3.63) is 29.3 Å². The number of aromatic carboxylic acids is 1. The number of carbonyl (C=O) groups is 1. The Kier molecular flexibility index (Phi) is 4.34. The van der Waals surface area contributed by atoms with Crippen LogP contribution in [0.25, 0.3) is 0 Å². The van der Waals surface area contributed by atoms with E-state index in [1.807, 2.05) is 0 Å². The first-order valence-corrected chi connectivity index (χ1v) is 7.49. The molecule has 1 aromatic rings. The lowest BCUT2D eigenvalue weighted by molar-refractivity contribution is 0.0696. The number of rotatable bonds is 5. The number of hydrogen-bond donors (Lipinski definition) is 1. The van der Waals surface area contributed by atoms with Gasteiger partial charge in [-0.1, -0.05) is 0 Å². The second-order valence-electron chi connectivity index (χ2n) is 4.36. The molecule has 5 nitrogen and oxygen atoms in total. The van der Waals surface area contributed by atoms with Gasteiger partial charge in [0.15, 0.2) is 0 Å². The van der Waals surface area contributed by atoms with Crippen LogP contribution in [0.1, 0.15) is 15.9 Å². The van der Waals surface area contributed by atoms with Gasteiger partial charge in [-0.15, -0.1) is 0 Å². The van der Waals surface area contributed by atoms with Crippen molar-refractivity contribution in [1.29, 1.82) is 0 Å². The van der Waals surface area contributed by atoms with Gasteiger partial charge in [0, 0.05) is 25.5 Å². The highest BCUT2D eigenvalue weighted by atomic mass is 32.2. The van der Waals surface area contributed by atoms with Crippen LogP contribution in [0.15, 0.2) is 18.2 Å². The van der Waals surface area contributed by atoms with Crippen molar-refractivity contribution >= 4 is 21.5 Å². The molecule has 0 bridgehead atoms. The van der Waals surface area contributed by atoms with Crippen LogP contribution in [0.5, 0.6) is 0 Å². The molecule has 6 heteroatoms. The van der Waals surface area contributed by atoms with Gasteiger partial charge in [-0.05, 0) is 30.7 Å². The zero-order valence-electron chi connectivity index (χ0n) is 10.7. The Morgan fingerprint density at radius 1 is 1.39 bits per heavy atom. The van der Waals surface area contributed by atoms with E-state index < -0.39 is 15.8 Å². The van der Waals surface area contributed by atoms with Crippen molar-refractivity contribution in [2.75, 3.05) is 30.5 Å². The van der Waals surface area contributed by atoms with Crippen LogP contribution >= 0.6 is 0 Å². The molecule has 0 aliphatic carbocycles. The molecule has 1 aromatic carbocycles. The number of aryl methyl sites for hydroxylation is 1. The van der Waals surface area contributed by atoms with Crippen LogP contribution < -0.4 is 4.90 Å². The van der Waals surface area contributed by atoms with Crippen molar-refractivity contribution in [3.63, 3.8) is 0 Å². The fourth-order valence-corrected chi connectivity index (χ4v) is 2.16. The molecule has 0 aromatic heterocycles. The average molecular weight is 271 g/mol. The predicted octanol–water partition coefficient (Wildman–Crippen LogP) is 1.17. The molecule has 0 spiro atoms. The van der Waals surface area contributed by atoms with Crippen molar-refractivity contribution in [1.82, 2.24) is 0 Å². The molecule has 0 aliphatic rings. The Bertz CT molecular complexity index is 551. The molecule has 100 valence electrons. The zero-order valence-corrected chi connectivity index (χ0v) is 11.5. The van der Waals surface area contributed by atoms with Crippen LogP contribution in [0.3, 0.4) is 0 Å². The first kappa shape index (κ1) is 14.5. The number of carboxylic acid groups (broad SMARTS) is 1. The summed E-state index contributed by atoms with van der Waals surface area (Å²) in [6.07, 6.45) is 1.19. The van der Waals surface area contributed by atoms with E-state index in [1.54, 1.807) is 31.0 Å². The third-order valence-corrected chi connectivity index (χ3v) is 3.60. The molecule has 0 fully saturated rings. The van der Waals surface area contributed by atoms with Gasteiger partial charge >= 0.3 is 5.97 Å². The second kappa shape index (κ2) is 5.39. The summed E-state index contributed by atoms with van der Waals surface area (Å²) in [6.45, 7) is 2.10. The number of anilines is 1. The first-order chi connectivity index (χ1) is 8.20. The smallest absolute Gasteiger partial charge is 0.335 e. The molecule has 0 radical (unpaired) electrons. The number of carboxylic acids is 1. The summed E-state index contributed by atoms with van der Waals surface area (Å²) in [6, 6.07) is 4.95. The number of nitrogens with zero attached hydrogens (tertiary/aromatic N) is 1. The maximum Gasteiger partial charge on any atom is 0.335 e. The summed E-state index contributed by atoms with van der Waals surface area (Å²) < 4.78 is 22.1. The summed E-state index contributed by atoms with van der Waals surface area (Å²) in [5.41, 5.74) is 1.72. The fraction of sp³-hybridized carbons (Fsp3) is 0.417. The van der Waals surface area contributed by atoms with E-state index in [-0.39, 0.29) is 11.3 Å². The summed E-state index contributed by atoms with van der Waals surface area (Å²) in [7, 11) is -1.22. The minimum absolute atomic E-state index is 0.0726. The maximum absolute atomic E-state index is 11.1. The molecule has 1 N–H and O–H groups in total. The van der Waals surface area contributed by atoms with Crippen molar-refractivity contribution in [2.45, 2.75) is 6.92 Å². The molecule has 0 amide bonds. The minimum atomic E-state index is -2.99. The number of sulfone groups is 1. The van der Waals surface area contributed by atoms with Crippen molar-refractivity contribution < 1.29 is 18.3 Å². The molecule has 1 rings (SSSR count). The van der Waals surface area contributed by atoms with Gasteiger partial charge in [0.25, 0.3) is 0 Å². The van der Waals surface area contributed by atoms with E-state index in [0.717, 1.165) is 5.69 Å². The molecule has 0 atom stereocenters. The quantitative estimate of drug-likeness (QED) is 0.870. The molecule has 0 saturated carbocycles. The number of benzene rings is 1. The fourth-order valence-electron chi connectivity index (χ4n) is 1.56. The van der Waals surface area contributed by atoms with E-state index >= 15 is 0 Å². The maximum atomic E-state index is 11.1. The van der Waals surface area contributed by atoms with Crippen LogP contribution in [-0.4, -0.2) is 45.1 Å². The van der Waals surface area contributed by atoms with E-state index in [4.69, 9.17) is 5.11 Å². The molecule has 0 aliphatic heterocycles. The molecular weight excluding hydrogens is 254 g/mol. The zero-order chi connectivity index (χ0) is 13.9. The Hall–Kier alpha value is -1.56. The predicted molar refractivity (Wildman–Crippen MR) is 71.1 cm³/mol. The second-order valence-corrected chi connectivity index (χ2v) is 6.62. The molecule has 0 unspecified atom stereocenters. The lowest BCUT2D eigenvalue weighted by atomic mass is 10.1. The summed E-state index contributed by atoms with van der Waals surface area (Å²) in [5.74, 6) is -0.888. The minimum Gasteiger partial charge on any atom is -0.478 e. The third kappa shape index (κ3) is 4.03. The van der Waals surface area contributed by atoms with Gasteiger partial charge in [-0.2, -0.15) is 0 Å². The summed E-state index contributed by atoms with van der Waals surface area (Å²) in [4.78, 5) is 12.7. The highest BCUT2D eigenvalue weighted by molar-refractivity contribution is 7.90. The lowest BCUT2D eigenvalue weighted by Crippen LogP contribution is -2.25. The topological polar surface area (TPSA) is 74.7 Å². The molecular formula is C12H17NO4S. The molecule has 0 heterocycles. The lowest BCUT2D eigenvalue weighted by Gasteiger charge is -2.19.